The molecular formula is C21H28N4O2. The number of likely N-dealkylation sites (tertiary alicyclic amines) is 1. The fraction of sp³-hybridized carbons (Fsp3) is 0.476. The van der Waals surface area contributed by atoms with Gasteiger partial charge in [-0.3, -0.25) is 4.79 Å². The SMILES string of the molecule is COc1cccc(CCNc2nc(C)cc(C(=O)N3CCC(C)CC3)n2)c1. The first-order valence-electron chi connectivity index (χ1n) is 9.57. The quantitative estimate of drug-likeness (QED) is 0.847. The Kier molecular flexibility index (Phi) is 6.27. The van der Waals surface area contributed by atoms with E-state index >= 15 is 0 Å². The number of aryl methyl sites for hydroxylation is 1. The van der Waals surface area contributed by atoms with Gasteiger partial charge in [-0.25, -0.2) is 9.97 Å². The van der Waals surface area contributed by atoms with E-state index in [9.17, 15) is 4.79 Å². The van der Waals surface area contributed by atoms with Gasteiger partial charge in [0.05, 0.1) is 7.11 Å². The molecule has 0 unspecified atom stereocenters. The highest BCUT2D eigenvalue weighted by Crippen LogP contribution is 2.18. The van der Waals surface area contributed by atoms with Crippen LogP contribution in [0.3, 0.4) is 0 Å². The van der Waals surface area contributed by atoms with E-state index in [0.29, 0.717) is 24.1 Å². The summed E-state index contributed by atoms with van der Waals surface area (Å²) in [5, 5.41) is 3.24. The molecule has 1 N–H and O–H groups in total. The lowest BCUT2D eigenvalue weighted by molar-refractivity contribution is 0.0691. The average molecular weight is 368 g/mol. The van der Waals surface area contributed by atoms with Gasteiger partial charge in [0.25, 0.3) is 5.91 Å². The number of anilines is 1. The summed E-state index contributed by atoms with van der Waals surface area (Å²) in [5.41, 5.74) is 2.44. The number of hydrogen-bond donors (Lipinski definition) is 1. The smallest absolute Gasteiger partial charge is 0.272 e. The van der Waals surface area contributed by atoms with Crippen molar-refractivity contribution in [3.8, 4) is 5.75 Å². The van der Waals surface area contributed by atoms with Gasteiger partial charge < -0.3 is 15.0 Å². The van der Waals surface area contributed by atoms with Crippen molar-refractivity contribution in [2.24, 2.45) is 5.92 Å². The van der Waals surface area contributed by atoms with Crippen LogP contribution in [0.4, 0.5) is 5.95 Å². The summed E-state index contributed by atoms with van der Waals surface area (Å²) in [7, 11) is 1.67. The van der Waals surface area contributed by atoms with E-state index in [-0.39, 0.29) is 5.91 Å². The second-order valence-electron chi connectivity index (χ2n) is 7.22. The number of nitrogens with one attached hydrogen (secondary N) is 1. The minimum atomic E-state index is 0.00301. The molecule has 1 amide bonds. The molecule has 1 aliphatic rings. The van der Waals surface area contributed by atoms with Crippen molar-refractivity contribution in [2.75, 3.05) is 32.1 Å². The minimum absolute atomic E-state index is 0.00301. The first-order valence-corrected chi connectivity index (χ1v) is 9.57. The molecule has 0 radical (unpaired) electrons. The standard InChI is InChI=1S/C21H28N4O2/c1-15-8-11-25(12-9-15)20(26)19-13-16(2)23-21(24-19)22-10-7-17-5-4-6-18(14-17)27-3/h4-6,13-15H,7-12H2,1-3H3,(H,22,23,24). The zero-order valence-corrected chi connectivity index (χ0v) is 16.4. The number of piperidine rings is 1. The van der Waals surface area contributed by atoms with E-state index in [0.717, 1.165) is 43.8 Å². The van der Waals surface area contributed by atoms with Crippen LogP contribution >= 0.6 is 0 Å². The maximum atomic E-state index is 12.8. The van der Waals surface area contributed by atoms with E-state index in [4.69, 9.17) is 4.74 Å². The Balaban J connectivity index is 1.62. The van der Waals surface area contributed by atoms with Crippen molar-refractivity contribution in [3.63, 3.8) is 0 Å². The number of ether oxygens (including phenoxy) is 1. The molecule has 1 aliphatic heterocycles. The lowest BCUT2D eigenvalue weighted by Gasteiger charge is -2.30. The van der Waals surface area contributed by atoms with Crippen LogP contribution in [0.2, 0.25) is 0 Å². The summed E-state index contributed by atoms with van der Waals surface area (Å²) in [5.74, 6) is 2.05. The summed E-state index contributed by atoms with van der Waals surface area (Å²) in [6.07, 6.45) is 2.94. The molecule has 2 heterocycles. The van der Waals surface area contributed by atoms with Crippen molar-refractivity contribution in [1.29, 1.82) is 0 Å². The van der Waals surface area contributed by atoms with Gasteiger partial charge in [-0.1, -0.05) is 19.1 Å². The molecule has 6 nitrogen and oxygen atoms in total. The molecule has 3 rings (SSSR count). The minimum Gasteiger partial charge on any atom is -0.497 e. The Morgan fingerprint density at radius 3 is 2.78 bits per heavy atom. The van der Waals surface area contributed by atoms with Crippen LogP contribution in [-0.2, 0) is 6.42 Å². The second kappa shape index (κ2) is 8.84. The highest BCUT2D eigenvalue weighted by atomic mass is 16.5. The van der Waals surface area contributed by atoms with Crippen molar-refractivity contribution in [1.82, 2.24) is 14.9 Å². The Bertz CT molecular complexity index is 786. The molecule has 1 aromatic heterocycles. The first kappa shape index (κ1) is 19.1. The molecule has 0 bridgehead atoms. The number of nitrogens with zero attached hydrogens (tertiary/aromatic N) is 3. The van der Waals surface area contributed by atoms with Crippen LogP contribution in [0.15, 0.2) is 30.3 Å². The molecule has 2 aromatic rings. The number of hydrogen-bond acceptors (Lipinski definition) is 5. The van der Waals surface area contributed by atoms with Gasteiger partial charge >= 0.3 is 0 Å². The van der Waals surface area contributed by atoms with Crippen LogP contribution < -0.4 is 10.1 Å². The summed E-state index contributed by atoms with van der Waals surface area (Å²) in [4.78, 5) is 23.6. The monoisotopic (exact) mass is 368 g/mol. The number of methoxy groups -OCH3 is 1. The fourth-order valence-electron chi connectivity index (χ4n) is 3.28. The van der Waals surface area contributed by atoms with E-state index in [1.165, 1.54) is 5.56 Å². The largest absolute Gasteiger partial charge is 0.497 e. The number of amides is 1. The van der Waals surface area contributed by atoms with Gasteiger partial charge in [-0.05, 0) is 55.9 Å². The van der Waals surface area contributed by atoms with Crippen LogP contribution in [0.5, 0.6) is 5.75 Å². The van der Waals surface area contributed by atoms with Crippen molar-refractivity contribution in [2.45, 2.75) is 33.1 Å². The zero-order chi connectivity index (χ0) is 19.2. The third kappa shape index (κ3) is 5.18. The Hall–Kier alpha value is -2.63. The van der Waals surface area contributed by atoms with Gasteiger partial charge in [0.15, 0.2) is 0 Å². The number of benzene rings is 1. The Labute approximate surface area is 161 Å². The van der Waals surface area contributed by atoms with Crippen LogP contribution in [0, 0.1) is 12.8 Å². The lowest BCUT2D eigenvalue weighted by Crippen LogP contribution is -2.38. The summed E-state index contributed by atoms with van der Waals surface area (Å²) in [6.45, 7) is 6.43. The Morgan fingerprint density at radius 2 is 2.04 bits per heavy atom. The molecule has 1 fully saturated rings. The predicted molar refractivity (Wildman–Crippen MR) is 106 cm³/mol. The lowest BCUT2D eigenvalue weighted by atomic mass is 9.99. The molecule has 0 spiro atoms. The molecule has 27 heavy (non-hydrogen) atoms. The highest BCUT2D eigenvalue weighted by Gasteiger charge is 2.23. The number of carbonyl (C=O) groups excluding carboxylic acids is 1. The maximum absolute atomic E-state index is 12.8. The first-order chi connectivity index (χ1) is 13.0. The maximum Gasteiger partial charge on any atom is 0.272 e. The molecular weight excluding hydrogens is 340 g/mol. The third-order valence-electron chi connectivity index (χ3n) is 4.98. The summed E-state index contributed by atoms with van der Waals surface area (Å²) in [6, 6.07) is 9.76. The molecule has 0 saturated carbocycles. The van der Waals surface area contributed by atoms with Gasteiger partial charge in [0.1, 0.15) is 11.4 Å². The highest BCUT2D eigenvalue weighted by molar-refractivity contribution is 5.92. The van der Waals surface area contributed by atoms with Crippen LogP contribution in [-0.4, -0.2) is 47.5 Å². The topological polar surface area (TPSA) is 67.3 Å². The van der Waals surface area contributed by atoms with E-state index in [2.05, 4.69) is 28.3 Å². The third-order valence-corrected chi connectivity index (χ3v) is 4.98. The molecule has 1 saturated heterocycles. The zero-order valence-electron chi connectivity index (χ0n) is 16.4. The fourth-order valence-corrected chi connectivity index (χ4v) is 3.28. The van der Waals surface area contributed by atoms with E-state index in [1.807, 2.05) is 30.0 Å². The normalized spacial score (nSPS) is 14.9. The molecule has 144 valence electrons. The van der Waals surface area contributed by atoms with E-state index < -0.39 is 0 Å². The van der Waals surface area contributed by atoms with Gasteiger partial charge in [0.2, 0.25) is 5.95 Å². The van der Waals surface area contributed by atoms with Crippen molar-refractivity contribution in [3.05, 3.63) is 47.3 Å². The van der Waals surface area contributed by atoms with E-state index in [1.54, 1.807) is 13.2 Å². The number of aromatic nitrogens is 2. The second-order valence-corrected chi connectivity index (χ2v) is 7.22. The number of rotatable bonds is 6. The number of carbonyl (C=O) groups is 1. The van der Waals surface area contributed by atoms with Crippen LogP contribution in [0.25, 0.3) is 0 Å². The summed E-state index contributed by atoms with van der Waals surface area (Å²) >= 11 is 0. The Morgan fingerprint density at radius 1 is 1.26 bits per heavy atom. The summed E-state index contributed by atoms with van der Waals surface area (Å²) < 4.78 is 5.25. The average Bonchev–Trinajstić information content (AvgIpc) is 2.68. The van der Waals surface area contributed by atoms with Gasteiger partial charge in [0, 0.05) is 25.3 Å². The van der Waals surface area contributed by atoms with Crippen LogP contribution in [0.1, 0.15) is 41.5 Å². The predicted octanol–water partition coefficient (Wildman–Crippen LogP) is 3.32. The molecule has 0 atom stereocenters. The van der Waals surface area contributed by atoms with Crippen molar-refractivity contribution >= 4 is 11.9 Å². The van der Waals surface area contributed by atoms with Crippen molar-refractivity contribution < 1.29 is 9.53 Å². The van der Waals surface area contributed by atoms with Gasteiger partial charge in [-0.15, -0.1) is 0 Å². The molecule has 1 aromatic carbocycles. The van der Waals surface area contributed by atoms with Gasteiger partial charge in [-0.2, -0.15) is 0 Å². The molecule has 6 heteroatoms. The molecule has 0 aliphatic carbocycles.